The fraction of sp³-hybridized carbons (Fsp3) is 0.241. The molecule has 2 nitrogen and oxygen atoms in total. The number of allylic oxidation sites excluding steroid dienone is 8. The van der Waals surface area contributed by atoms with Crippen molar-refractivity contribution < 1.29 is 24.0 Å². The minimum Gasteiger partial charge on any atom is -1.00 e. The lowest BCUT2D eigenvalue weighted by molar-refractivity contribution is -0.00000613. The van der Waals surface area contributed by atoms with Gasteiger partial charge in [0.05, 0.1) is 13.1 Å². The van der Waals surface area contributed by atoms with Gasteiger partial charge in [0, 0.05) is 29.6 Å². The number of halogens is 1. The molecule has 4 rings (SSSR count). The number of hydrogen-bond acceptors (Lipinski definition) is 1. The second-order valence-electron chi connectivity index (χ2n) is 8.12. The van der Waals surface area contributed by atoms with Crippen LogP contribution in [-0.2, 0) is 0 Å². The van der Waals surface area contributed by atoms with Gasteiger partial charge in [0.15, 0.2) is 0 Å². The van der Waals surface area contributed by atoms with Crippen molar-refractivity contribution in [1.29, 1.82) is 0 Å². The first-order chi connectivity index (χ1) is 15.2. The first-order valence-electron chi connectivity index (χ1n) is 11.5. The molecule has 0 fully saturated rings. The lowest BCUT2D eigenvalue weighted by Crippen LogP contribution is -3.00. The van der Waals surface area contributed by atoms with Gasteiger partial charge in [0.25, 0.3) is 0 Å². The zero-order valence-electron chi connectivity index (χ0n) is 19.3. The highest BCUT2D eigenvalue weighted by Gasteiger charge is 2.32. The van der Waals surface area contributed by atoms with Crippen molar-refractivity contribution in [2.75, 3.05) is 31.1 Å². The molecule has 0 N–H and O–H groups in total. The number of rotatable bonds is 6. The van der Waals surface area contributed by atoms with Crippen LogP contribution in [0.4, 0.5) is 11.4 Å². The first kappa shape index (κ1) is 24.3. The third-order valence-corrected chi connectivity index (χ3v) is 6.67. The van der Waals surface area contributed by atoms with Crippen LogP contribution in [0.3, 0.4) is 0 Å². The smallest absolute Gasteiger partial charge is 0.140 e. The summed E-state index contributed by atoms with van der Waals surface area (Å²) in [6, 6.07) is 17.5. The molecule has 0 amide bonds. The summed E-state index contributed by atoms with van der Waals surface area (Å²) in [5, 5.41) is 0. The number of para-hydroxylation sites is 2. The Morgan fingerprint density at radius 2 is 1.59 bits per heavy atom. The van der Waals surface area contributed by atoms with Crippen LogP contribution in [0.25, 0.3) is 11.1 Å². The van der Waals surface area contributed by atoms with Crippen molar-refractivity contribution in [3.63, 3.8) is 0 Å². The van der Waals surface area contributed by atoms with E-state index in [2.05, 4.69) is 123 Å². The number of benzene rings is 2. The summed E-state index contributed by atoms with van der Waals surface area (Å²) in [5.74, 6) is 0. The molecular formula is C29H33IN2. The van der Waals surface area contributed by atoms with E-state index in [9.17, 15) is 0 Å². The Bertz CT molecular complexity index is 1080. The van der Waals surface area contributed by atoms with Crippen molar-refractivity contribution in [3.05, 3.63) is 108 Å². The summed E-state index contributed by atoms with van der Waals surface area (Å²) < 4.78 is 1.04. The van der Waals surface area contributed by atoms with Crippen LogP contribution in [0, 0.1) is 0 Å². The van der Waals surface area contributed by atoms with Gasteiger partial charge in [-0.3, -0.25) is 4.48 Å². The molecular weight excluding hydrogens is 503 g/mol. The van der Waals surface area contributed by atoms with Crippen LogP contribution >= 0.6 is 0 Å². The standard InChI is InChI=1S/C29H33N2.HI/c1-4-30-22-20-24(26-16-10-12-18-28(26)30)14-8-7-9-15-25-21-23-31(5-2,6-3)29-19-13-11-17-27(25)29;/h7-22H,4-6,23H2,1-3H3;1H/q+1;/p-1. The van der Waals surface area contributed by atoms with Crippen LogP contribution in [0.15, 0.2) is 97.3 Å². The Morgan fingerprint density at radius 3 is 2.34 bits per heavy atom. The third kappa shape index (κ3) is 4.69. The molecule has 166 valence electrons. The maximum Gasteiger partial charge on any atom is 0.140 e. The molecule has 0 spiro atoms. The average Bonchev–Trinajstić information content (AvgIpc) is 2.84. The molecule has 0 saturated carbocycles. The SMILES string of the molecule is CCN1C=CC(=CC=CC=CC2=CC[N+](CC)(CC)c3ccccc32)c2ccccc21.[I-]. The van der Waals surface area contributed by atoms with Gasteiger partial charge in [-0.1, -0.05) is 60.7 Å². The molecule has 0 bridgehead atoms. The van der Waals surface area contributed by atoms with E-state index in [1.54, 1.807) is 0 Å². The molecule has 2 heterocycles. The van der Waals surface area contributed by atoms with Gasteiger partial charge in [0.2, 0.25) is 0 Å². The lowest BCUT2D eigenvalue weighted by Gasteiger charge is -2.39. The Balaban J connectivity index is 0.00000289. The Morgan fingerprint density at radius 1 is 0.875 bits per heavy atom. The second-order valence-corrected chi connectivity index (χ2v) is 8.12. The minimum atomic E-state index is 0. The average molecular weight is 537 g/mol. The molecule has 2 aromatic carbocycles. The molecule has 2 aromatic rings. The van der Waals surface area contributed by atoms with Gasteiger partial charge in [-0.25, -0.2) is 0 Å². The van der Waals surface area contributed by atoms with Crippen LogP contribution in [0.2, 0.25) is 0 Å². The van der Waals surface area contributed by atoms with Gasteiger partial charge in [-0.2, -0.15) is 0 Å². The van der Waals surface area contributed by atoms with Crippen molar-refractivity contribution in [2.24, 2.45) is 0 Å². The second kappa shape index (κ2) is 11.0. The maximum atomic E-state index is 2.40. The predicted molar refractivity (Wildman–Crippen MR) is 137 cm³/mol. The fourth-order valence-electron chi connectivity index (χ4n) is 4.71. The van der Waals surface area contributed by atoms with Gasteiger partial charge in [0.1, 0.15) is 12.2 Å². The Labute approximate surface area is 210 Å². The lowest BCUT2D eigenvalue weighted by atomic mass is 9.96. The van der Waals surface area contributed by atoms with E-state index in [1.165, 1.54) is 33.6 Å². The highest BCUT2D eigenvalue weighted by Crippen LogP contribution is 2.37. The molecule has 0 aliphatic carbocycles. The van der Waals surface area contributed by atoms with Crippen LogP contribution in [0.1, 0.15) is 31.9 Å². The van der Waals surface area contributed by atoms with Gasteiger partial charge in [-0.05, 0) is 62.3 Å². The molecule has 2 aliphatic heterocycles. The van der Waals surface area contributed by atoms with E-state index in [1.807, 2.05) is 0 Å². The molecule has 0 unspecified atom stereocenters. The number of nitrogens with zero attached hydrogens (tertiary/aromatic N) is 2. The van der Waals surface area contributed by atoms with E-state index in [0.717, 1.165) is 30.7 Å². The number of fused-ring (bicyclic) bond motifs is 2. The van der Waals surface area contributed by atoms with E-state index in [0.29, 0.717) is 0 Å². The van der Waals surface area contributed by atoms with Gasteiger partial charge < -0.3 is 28.9 Å². The number of quaternary nitrogens is 1. The predicted octanol–water partition coefficient (Wildman–Crippen LogP) is 3.98. The summed E-state index contributed by atoms with van der Waals surface area (Å²) in [6.45, 7) is 11.1. The topological polar surface area (TPSA) is 3.24 Å². The summed E-state index contributed by atoms with van der Waals surface area (Å²) in [7, 11) is 0. The number of likely N-dealkylation sites (N-methyl/N-ethyl adjacent to an activating group) is 1. The molecule has 0 saturated heterocycles. The Hall–Kier alpha value is -2.37. The zero-order valence-corrected chi connectivity index (χ0v) is 21.5. The monoisotopic (exact) mass is 536 g/mol. The summed E-state index contributed by atoms with van der Waals surface area (Å²) in [6.07, 6.45) is 17.7. The van der Waals surface area contributed by atoms with Gasteiger partial charge in [-0.15, -0.1) is 0 Å². The van der Waals surface area contributed by atoms with Crippen LogP contribution in [0.5, 0.6) is 0 Å². The minimum absolute atomic E-state index is 0. The molecule has 3 heteroatoms. The fourth-order valence-corrected chi connectivity index (χ4v) is 4.71. The zero-order chi connectivity index (χ0) is 21.7. The number of hydrogen-bond donors (Lipinski definition) is 0. The van der Waals surface area contributed by atoms with E-state index >= 15 is 0 Å². The molecule has 2 aliphatic rings. The maximum absolute atomic E-state index is 2.40. The van der Waals surface area contributed by atoms with Crippen molar-refractivity contribution >= 4 is 22.5 Å². The summed E-state index contributed by atoms with van der Waals surface area (Å²) >= 11 is 0. The Kier molecular flexibility index (Phi) is 8.32. The molecule has 32 heavy (non-hydrogen) atoms. The molecule has 0 atom stereocenters. The normalized spacial score (nSPS) is 17.9. The van der Waals surface area contributed by atoms with Crippen molar-refractivity contribution in [3.8, 4) is 0 Å². The summed E-state index contributed by atoms with van der Waals surface area (Å²) in [5.41, 5.74) is 7.96. The van der Waals surface area contributed by atoms with Crippen LogP contribution in [-0.4, -0.2) is 26.2 Å². The largest absolute Gasteiger partial charge is 1.00 e. The quantitative estimate of drug-likeness (QED) is 0.307. The number of anilines is 1. The molecule has 0 radical (unpaired) electrons. The van der Waals surface area contributed by atoms with E-state index in [-0.39, 0.29) is 24.0 Å². The van der Waals surface area contributed by atoms with Crippen molar-refractivity contribution in [1.82, 2.24) is 4.48 Å². The third-order valence-electron chi connectivity index (χ3n) is 6.67. The van der Waals surface area contributed by atoms with Crippen LogP contribution < -0.4 is 33.4 Å². The summed E-state index contributed by atoms with van der Waals surface area (Å²) in [4.78, 5) is 2.29. The van der Waals surface area contributed by atoms with Crippen molar-refractivity contribution in [2.45, 2.75) is 20.8 Å². The first-order valence-corrected chi connectivity index (χ1v) is 11.5. The van der Waals surface area contributed by atoms with E-state index in [4.69, 9.17) is 0 Å². The molecule has 0 aromatic heterocycles. The highest BCUT2D eigenvalue weighted by atomic mass is 127. The van der Waals surface area contributed by atoms with Gasteiger partial charge >= 0.3 is 0 Å². The van der Waals surface area contributed by atoms with E-state index < -0.39 is 0 Å². The highest BCUT2D eigenvalue weighted by molar-refractivity contribution is 5.87.